The second-order valence-electron chi connectivity index (χ2n) is 4.19. The van der Waals surface area contributed by atoms with Crippen LogP contribution in [0.3, 0.4) is 0 Å². The number of benzene rings is 1. The van der Waals surface area contributed by atoms with Gasteiger partial charge in [0.25, 0.3) is 0 Å². The SMILES string of the molecule is O=S1(=O)CCC(Oc2c(F)cc(CO)cc2F)C1. The van der Waals surface area contributed by atoms with Crippen molar-refractivity contribution in [1.29, 1.82) is 0 Å². The Hall–Kier alpha value is -1.21. The lowest BCUT2D eigenvalue weighted by Gasteiger charge is -2.14. The Morgan fingerprint density at radius 3 is 2.39 bits per heavy atom. The van der Waals surface area contributed by atoms with E-state index in [4.69, 9.17) is 9.84 Å². The van der Waals surface area contributed by atoms with Crippen molar-refractivity contribution in [3.8, 4) is 5.75 Å². The van der Waals surface area contributed by atoms with Crippen LogP contribution in [0.1, 0.15) is 12.0 Å². The molecule has 0 radical (unpaired) electrons. The summed E-state index contributed by atoms with van der Waals surface area (Å²) < 4.78 is 54.5. The standard InChI is InChI=1S/C11H12F2O4S/c12-9-3-7(5-14)4-10(13)11(9)17-8-1-2-18(15,16)6-8/h3-4,8,14H,1-2,5-6H2. The molecule has 7 heteroatoms. The maximum Gasteiger partial charge on any atom is 0.191 e. The van der Waals surface area contributed by atoms with E-state index in [1.54, 1.807) is 0 Å². The van der Waals surface area contributed by atoms with Crippen LogP contribution in [0.4, 0.5) is 8.78 Å². The molecule has 100 valence electrons. The van der Waals surface area contributed by atoms with Crippen molar-refractivity contribution < 1.29 is 27.0 Å². The predicted octanol–water partition coefficient (Wildman–Crippen LogP) is 1.02. The molecule has 0 aliphatic carbocycles. The molecule has 1 heterocycles. The van der Waals surface area contributed by atoms with E-state index in [0.717, 1.165) is 12.1 Å². The highest BCUT2D eigenvalue weighted by atomic mass is 32.2. The van der Waals surface area contributed by atoms with Gasteiger partial charge in [0.1, 0.15) is 6.10 Å². The van der Waals surface area contributed by atoms with Crippen LogP contribution in [0.15, 0.2) is 12.1 Å². The Morgan fingerprint density at radius 2 is 1.94 bits per heavy atom. The van der Waals surface area contributed by atoms with Crippen LogP contribution >= 0.6 is 0 Å². The van der Waals surface area contributed by atoms with Crippen molar-refractivity contribution in [2.24, 2.45) is 0 Å². The summed E-state index contributed by atoms with van der Waals surface area (Å²) in [5, 5.41) is 8.78. The van der Waals surface area contributed by atoms with Gasteiger partial charge in [-0.2, -0.15) is 0 Å². The molecule has 1 saturated heterocycles. The van der Waals surface area contributed by atoms with Crippen LogP contribution in [-0.4, -0.2) is 31.1 Å². The summed E-state index contributed by atoms with van der Waals surface area (Å²) in [5.41, 5.74) is 0.0939. The van der Waals surface area contributed by atoms with Gasteiger partial charge in [0.05, 0.1) is 18.1 Å². The lowest BCUT2D eigenvalue weighted by Crippen LogP contribution is -2.19. The minimum Gasteiger partial charge on any atom is -0.483 e. The smallest absolute Gasteiger partial charge is 0.191 e. The van der Waals surface area contributed by atoms with Gasteiger partial charge in [0, 0.05) is 0 Å². The predicted molar refractivity (Wildman–Crippen MR) is 60.0 cm³/mol. The Balaban J connectivity index is 2.20. The highest BCUT2D eigenvalue weighted by molar-refractivity contribution is 7.91. The van der Waals surface area contributed by atoms with Gasteiger partial charge >= 0.3 is 0 Å². The summed E-state index contributed by atoms with van der Waals surface area (Å²) >= 11 is 0. The zero-order chi connectivity index (χ0) is 13.3. The van der Waals surface area contributed by atoms with Crippen LogP contribution in [0.5, 0.6) is 5.75 Å². The van der Waals surface area contributed by atoms with E-state index >= 15 is 0 Å². The number of halogens is 2. The first kappa shape index (κ1) is 13.2. The van der Waals surface area contributed by atoms with Gasteiger partial charge in [-0.25, -0.2) is 17.2 Å². The van der Waals surface area contributed by atoms with Crippen molar-refractivity contribution in [2.45, 2.75) is 19.1 Å². The number of aliphatic hydroxyl groups excluding tert-OH is 1. The number of ether oxygens (including phenoxy) is 1. The Kier molecular flexibility index (Phi) is 3.54. The van der Waals surface area contributed by atoms with Crippen LogP contribution in [-0.2, 0) is 16.4 Å². The van der Waals surface area contributed by atoms with Crippen LogP contribution < -0.4 is 4.74 Å². The van der Waals surface area contributed by atoms with Crippen molar-refractivity contribution in [3.63, 3.8) is 0 Å². The highest BCUT2D eigenvalue weighted by Crippen LogP contribution is 2.27. The molecule has 0 aromatic heterocycles. The van der Waals surface area contributed by atoms with Gasteiger partial charge in [-0.3, -0.25) is 0 Å². The second kappa shape index (κ2) is 4.81. The number of sulfone groups is 1. The third-order valence-electron chi connectivity index (χ3n) is 2.72. The molecular formula is C11H12F2O4S. The summed E-state index contributed by atoms with van der Waals surface area (Å²) in [6.07, 6.45) is -0.498. The number of hydrogen-bond acceptors (Lipinski definition) is 4. The minimum atomic E-state index is -3.16. The van der Waals surface area contributed by atoms with Crippen molar-refractivity contribution in [2.75, 3.05) is 11.5 Å². The van der Waals surface area contributed by atoms with Crippen LogP contribution in [0, 0.1) is 11.6 Å². The number of aliphatic hydroxyl groups is 1. The first-order chi connectivity index (χ1) is 8.41. The molecule has 1 atom stereocenters. The van der Waals surface area contributed by atoms with Gasteiger partial charge in [0.15, 0.2) is 27.2 Å². The Morgan fingerprint density at radius 1 is 1.33 bits per heavy atom. The summed E-state index contributed by atoms with van der Waals surface area (Å²) in [6.45, 7) is -0.480. The molecule has 2 rings (SSSR count). The van der Waals surface area contributed by atoms with Gasteiger partial charge < -0.3 is 9.84 Å². The molecule has 1 unspecified atom stereocenters. The summed E-state index contributed by atoms with van der Waals surface area (Å²) in [6, 6.07) is 1.92. The lowest BCUT2D eigenvalue weighted by atomic mass is 10.2. The fraction of sp³-hybridized carbons (Fsp3) is 0.455. The highest BCUT2D eigenvalue weighted by Gasteiger charge is 2.30. The molecule has 0 spiro atoms. The zero-order valence-electron chi connectivity index (χ0n) is 9.40. The molecule has 4 nitrogen and oxygen atoms in total. The molecule has 0 bridgehead atoms. The fourth-order valence-corrected chi connectivity index (χ4v) is 3.43. The van der Waals surface area contributed by atoms with Gasteiger partial charge in [-0.1, -0.05) is 0 Å². The zero-order valence-corrected chi connectivity index (χ0v) is 10.2. The van der Waals surface area contributed by atoms with Crippen LogP contribution in [0.25, 0.3) is 0 Å². The Labute approximate surface area is 103 Å². The Bertz CT molecular complexity index is 533. The average molecular weight is 278 g/mol. The molecule has 0 amide bonds. The van der Waals surface area contributed by atoms with E-state index in [9.17, 15) is 17.2 Å². The maximum atomic E-state index is 13.5. The third kappa shape index (κ3) is 2.78. The van der Waals surface area contributed by atoms with Gasteiger partial charge in [-0.05, 0) is 24.1 Å². The monoisotopic (exact) mass is 278 g/mol. The first-order valence-corrected chi connectivity index (χ1v) is 7.19. The normalized spacial score (nSPS) is 22.1. The second-order valence-corrected chi connectivity index (χ2v) is 6.42. The quantitative estimate of drug-likeness (QED) is 0.896. The molecule has 1 N–H and O–H groups in total. The van der Waals surface area contributed by atoms with E-state index in [2.05, 4.69) is 0 Å². The summed E-state index contributed by atoms with van der Waals surface area (Å²) in [5.74, 6) is -2.73. The van der Waals surface area contributed by atoms with Gasteiger partial charge in [-0.15, -0.1) is 0 Å². The molecule has 18 heavy (non-hydrogen) atoms. The van der Waals surface area contributed by atoms with E-state index < -0.39 is 39.9 Å². The number of hydrogen-bond donors (Lipinski definition) is 1. The van der Waals surface area contributed by atoms with Crippen molar-refractivity contribution in [3.05, 3.63) is 29.3 Å². The van der Waals surface area contributed by atoms with E-state index in [0.29, 0.717) is 0 Å². The van der Waals surface area contributed by atoms with E-state index in [1.165, 1.54) is 0 Å². The molecule has 1 aromatic rings. The average Bonchev–Trinajstić information content (AvgIpc) is 2.63. The molecule has 1 aliphatic heterocycles. The minimum absolute atomic E-state index is 0.0321. The molecule has 0 saturated carbocycles. The third-order valence-corrected chi connectivity index (χ3v) is 4.45. The van der Waals surface area contributed by atoms with Crippen LogP contribution in [0.2, 0.25) is 0 Å². The summed E-state index contributed by atoms with van der Waals surface area (Å²) in [4.78, 5) is 0. The molecule has 1 fully saturated rings. The van der Waals surface area contributed by atoms with E-state index in [1.807, 2.05) is 0 Å². The largest absolute Gasteiger partial charge is 0.483 e. The topological polar surface area (TPSA) is 63.6 Å². The van der Waals surface area contributed by atoms with Crippen molar-refractivity contribution >= 4 is 9.84 Å². The molecule has 1 aromatic carbocycles. The molecule has 1 aliphatic rings. The first-order valence-electron chi connectivity index (χ1n) is 5.37. The lowest BCUT2D eigenvalue weighted by molar-refractivity contribution is 0.207. The summed E-state index contributed by atoms with van der Waals surface area (Å²) in [7, 11) is -3.16. The number of rotatable bonds is 3. The van der Waals surface area contributed by atoms with E-state index in [-0.39, 0.29) is 23.5 Å². The maximum absolute atomic E-state index is 13.5. The molecular weight excluding hydrogens is 266 g/mol. The van der Waals surface area contributed by atoms with Crippen molar-refractivity contribution in [1.82, 2.24) is 0 Å². The van der Waals surface area contributed by atoms with Gasteiger partial charge in [0.2, 0.25) is 0 Å². The fourth-order valence-electron chi connectivity index (χ4n) is 1.84.